The molecule has 17 heavy (non-hydrogen) atoms. The van der Waals surface area contributed by atoms with E-state index in [4.69, 9.17) is 9.47 Å². The van der Waals surface area contributed by atoms with Crippen LogP contribution in [0.4, 0.5) is 0 Å². The highest BCUT2D eigenvalue weighted by Crippen LogP contribution is 2.32. The Morgan fingerprint density at radius 1 is 1.06 bits per heavy atom. The van der Waals surface area contributed by atoms with E-state index in [2.05, 4.69) is 19.1 Å². The van der Waals surface area contributed by atoms with Gasteiger partial charge in [0, 0.05) is 19.6 Å². The van der Waals surface area contributed by atoms with Gasteiger partial charge in [0.1, 0.15) is 5.75 Å². The van der Waals surface area contributed by atoms with Gasteiger partial charge in [0.15, 0.2) is 0 Å². The van der Waals surface area contributed by atoms with Crippen LogP contribution in [0.2, 0.25) is 0 Å². The Kier molecular flexibility index (Phi) is 4.87. The number of ether oxygens (including phenoxy) is 2. The number of aryl methyl sites for hydroxylation is 1. The molecule has 0 radical (unpaired) electrons. The van der Waals surface area contributed by atoms with Crippen LogP contribution >= 0.6 is 0 Å². The summed E-state index contributed by atoms with van der Waals surface area (Å²) in [6.07, 6.45) is 5.05. The number of hydrogen-bond acceptors (Lipinski definition) is 2. The Hall–Kier alpha value is -1.02. The molecule has 0 unspecified atom stereocenters. The van der Waals surface area contributed by atoms with E-state index in [0.717, 1.165) is 37.9 Å². The largest absolute Gasteiger partial charge is 0.494 e. The molecule has 0 N–H and O–H groups in total. The summed E-state index contributed by atoms with van der Waals surface area (Å²) in [5.41, 5.74) is 1.26. The molecule has 94 valence electrons. The summed E-state index contributed by atoms with van der Waals surface area (Å²) in [6.45, 7) is 4.57. The van der Waals surface area contributed by atoms with Crippen LogP contribution in [0.5, 0.6) is 5.75 Å². The first-order chi connectivity index (χ1) is 8.34. The lowest BCUT2D eigenvalue weighted by Crippen LogP contribution is -2.04. The predicted molar refractivity (Wildman–Crippen MR) is 69.5 cm³/mol. The second-order valence-corrected chi connectivity index (χ2v) is 4.86. The fourth-order valence-electron chi connectivity index (χ4n) is 1.74. The molecule has 0 aliphatic heterocycles. The summed E-state index contributed by atoms with van der Waals surface area (Å²) in [5, 5.41) is 0. The lowest BCUT2D eigenvalue weighted by atomic mass is 10.2. The molecule has 0 bridgehead atoms. The Morgan fingerprint density at radius 3 is 2.53 bits per heavy atom. The first-order valence-corrected chi connectivity index (χ1v) is 6.62. The molecule has 0 aromatic heterocycles. The van der Waals surface area contributed by atoms with Crippen molar-refractivity contribution in [2.45, 2.75) is 32.6 Å². The molecule has 1 aromatic rings. The van der Waals surface area contributed by atoms with Crippen LogP contribution < -0.4 is 4.74 Å². The molecular weight excluding hydrogens is 212 g/mol. The minimum atomic E-state index is 0.743. The zero-order chi connectivity index (χ0) is 11.9. The highest BCUT2D eigenvalue weighted by Gasteiger charge is 2.20. The monoisotopic (exact) mass is 234 g/mol. The molecule has 2 rings (SSSR count). The van der Waals surface area contributed by atoms with E-state index in [1.165, 1.54) is 24.8 Å². The topological polar surface area (TPSA) is 18.5 Å². The van der Waals surface area contributed by atoms with Gasteiger partial charge in [-0.25, -0.2) is 0 Å². The molecule has 0 atom stereocenters. The van der Waals surface area contributed by atoms with Crippen LogP contribution in [-0.4, -0.2) is 19.8 Å². The molecule has 1 aromatic carbocycles. The third-order valence-electron chi connectivity index (χ3n) is 3.09. The van der Waals surface area contributed by atoms with E-state index >= 15 is 0 Å². The van der Waals surface area contributed by atoms with E-state index in [9.17, 15) is 0 Å². The van der Waals surface area contributed by atoms with Crippen molar-refractivity contribution in [3.8, 4) is 5.75 Å². The van der Waals surface area contributed by atoms with Gasteiger partial charge in [-0.1, -0.05) is 30.5 Å². The van der Waals surface area contributed by atoms with Crippen LogP contribution in [0.1, 0.15) is 31.2 Å². The van der Waals surface area contributed by atoms with E-state index in [1.807, 2.05) is 12.1 Å². The third kappa shape index (κ3) is 5.22. The van der Waals surface area contributed by atoms with Gasteiger partial charge in [0.25, 0.3) is 0 Å². The van der Waals surface area contributed by atoms with Crippen LogP contribution in [0, 0.1) is 12.8 Å². The lowest BCUT2D eigenvalue weighted by molar-refractivity contribution is 0.114. The maximum absolute atomic E-state index is 5.62. The number of rotatable bonds is 8. The summed E-state index contributed by atoms with van der Waals surface area (Å²) in [6, 6.07) is 8.18. The maximum atomic E-state index is 5.62. The molecule has 1 fully saturated rings. The van der Waals surface area contributed by atoms with Crippen molar-refractivity contribution in [3.63, 3.8) is 0 Å². The summed E-state index contributed by atoms with van der Waals surface area (Å²) >= 11 is 0. The molecule has 0 amide bonds. The highest BCUT2D eigenvalue weighted by molar-refractivity contribution is 5.26. The second-order valence-electron chi connectivity index (χ2n) is 4.86. The van der Waals surface area contributed by atoms with Crippen molar-refractivity contribution < 1.29 is 9.47 Å². The van der Waals surface area contributed by atoms with E-state index < -0.39 is 0 Å². The van der Waals surface area contributed by atoms with Crippen molar-refractivity contribution >= 4 is 0 Å². The molecule has 2 heteroatoms. The second kappa shape index (κ2) is 6.65. The minimum absolute atomic E-state index is 0.743. The smallest absolute Gasteiger partial charge is 0.119 e. The van der Waals surface area contributed by atoms with Gasteiger partial charge in [-0.2, -0.15) is 0 Å². The van der Waals surface area contributed by atoms with Gasteiger partial charge in [-0.05, 0) is 31.4 Å². The highest BCUT2D eigenvalue weighted by atomic mass is 16.5. The predicted octanol–water partition coefficient (Wildman–Crippen LogP) is 3.58. The first kappa shape index (κ1) is 12.4. The van der Waals surface area contributed by atoms with Gasteiger partial charge in [-0.3, -0.25) is 0 Å². The lowest BCUT2D eigenvalue weighted by Gasteiger charge is -2.07. The Morgan fingerprint density at radius 2 is 1.82 bits per heavy atom. The van der Waals surface area contributed by atoms with Crippen LogP contribution in [0.25, 0.3) is 0 Å². The average Bonchev–Trinajstić information content (AvgIpc) is 3.14. The third-order valence-corrected chi connectivity index (χ3v) is 3.09. The normalized spacial score (nSPS) is 14.9. The van der Waals surface area contributed by atoms with Crippen LogP contribution in [0.3, 0.4) is 0 Å². The zero-order valence-electron chi connectivity index (χ0n) is 10.7. The fraction of sp³-hybridized carbons (Fsp3) is 0.600. The molecular formula is C15H22O2. The Bertz CT molecular complexity index is 314. The fourth-order valence-corrected chi connectivity index (χ4v) is 1.74. The van der Waals surface area contributed by atoms with Crippen LogP contribution in [0.15, 0.2) is 24.3 Å². The quantitative estimate of drug-likeness (QED) is 0.640. The van der Waals surface area contributed by atoms with Crippen molar-refractivity contribution in [3.05, 3.63) is 29.8 Å². The van der Waals surface area contributed by atoms with Crippen molar-refractivity contribution in [1.82, 2.24) is 0 Å². The van der Waals surface area contributed by atoms with Gasteiger partial charge in [0.2, 0.25) is 0 Å². The van der Waals surface area contributed by atoms with Crippen molar-refractivity contribution in [1.29, 1.82) is 0 Å². The summed E-state index contributed by atoms with van der Waals surface area (Å²) in [7, 11) is 0. The van der Waals surface area contributed by atoms with E-state index in [1.54, 1.807) is 0 Å². The molecule has 1 saturated carbocycles. The maximum Gasteiger partial charge on any atom is 0.119 e. The molecule has 2 nitrogen and oxygen atoms in total. The summed E-state index contributed by atoms with van der Waals surface area (Å²) < 4.78 is 11.2. The number of hydrogen-bond donors (Lipinski definition) is 0. The zero-order valence-corrected chi connectivity index (χ0v) is 10.7. The van der Waals surface area contributed by atoms with Crippen molar-refractivity contribution in [2.75, 3.05) is 19.8 Å². The molecule has 1 aliphatic carbocycles. The van der Waals surface area contributed by atoms with Crippen LogP contribution in [-0.2, 0) is 4.74 Å². The molecule has 0 spiro atoms. The summed E-state index contributed by atoms with van der Waals surface area (Å²) in [5.74, 6) is 1.92. The van der Waals surface area contributed by atoms with Gasteiger partial charge >= 0.3 is 0 Å². The first-order valence-electron chi connectivity index (χ1n) is 6.62. The van der Waals surface area contributed by atoms with Gasteiger partial charge < -0.3 is 9.47 Å². The molecule has 1 aliphatic rings. The van der Waals surface area contributed by atoms with Gasteiger partial charge in [0.05, 0.1) is 6.61 Å². The molecule has 0 saturated heterocycles. The van der Waals surface area contributed by atoms with E-state index in [-0.39, 0.29) is 0 Å². The summed E-state index contributed by atoms with van der Waals surface area (Å²) in [4.78, 5) is 0. The number of benzene rings is 1. The van der Waals surface area contributed by atoms with E-state index in [0.29, 0.717) is 0 Å². The average molecular weight is 234 g/mol. The minimum Gasteiger partial charge on any atom is -0.494 e. The Labute approximate surface area is 104 Å². The van der Waals surface area contributed by atoms with Gasteiger partial charge in [-0.15, -0.1) is 0 Å². The standard InChI is InChI=1S/C15H22O2/c1-13-3-7-15(8-4-13)17-11-2-10-16-12-9-14-5-6-14/h3-4,7-8,14H,2,5-6,9-12H2,1H3. The SMILES string of the molecule is Cc1ccc(OCCCOCCC2CC2)cc1. The van der Waals surface area contributed by atoms with Crippen molar-refractivity contribution in [2.24, 2.45) is 5.92 Å². The molecule has 0 heterocycles. The Balaban J connectivity index is 1.46.